The summed E-state index contributed by atoms with van der Waals surface area (Å²) in [6.07, 6.45) is 0.712. The van der Waals surface area contributed by atoms with Gasteiger partial charge in [0.15, 0.2) is 5.65 Å². The summed E-state index contributed by atoms with van der Waals surface area (Å²) in [6, 6.07) is 29.5. The van der Waals surface area contributed by atoms with Crippen molar-refractivity contribution in [2.45, 2.75) is 27.2 Å². The van der Waals surface area contributed by atoms with Gasteiger partial charge in [-0.15, -0.1) is 0 Å². The molecule has 0 radical (unpaired) electrons. The van der Waals surface area contributed by atoms with E-state index in [1.165, 1.54) is 11.3 Å². The highest BCUT2D eigenvalue weighted by Crippen LogP contribution is 2.34. The molecule has 0 saturated heterocycles. The number of pyridine rings is 1. The summed E-state index contributed by atoms with van der Waals surface area (Å²) in [7, 11) is 0. The second kappa shape index (κ2) is 10.5. The minimum absolute atomic E-state index is 0. The zero-order valence-electron chi connectivity index (χ0n) is 20.9. The highest BCUT2D eigenvalue weighted by molar-refractivity contribution is 5.87. The molecule has 0 aliphatic heterocycles. The fourth-order valence-electron chi connectivity index (χ4n) is 4.81. The number of nitriles is 1. The molecule has 3 N–H and O–H groups in total. The molecule has 3 aromatic carbocycles. The van der Waals surface area contributed by atoms with Crippen LogP contribution in [0.2, 0.25) is 0 Å². The zero-order valence-corrected chi connectivity index (χ0v) is 20.9. The van der Waals surface area contributed by atoms with Crippen LogP contribution in [0, 0.1) is 18.3 Å². The van der Waals surface area contributed by atoms with Crippen LogP contribution < -0.4 is 10.2 Å². The number of rotatable bonds is 7. The van der Waals surface area contributed by atoms with E-state index in [1.807, 2.05) is 31.2 Å². The van der Waals surface area contributed by atoms with Crippen molar-refractivity contribution in [1.82, 2.24) is 9.38 Å². The molecule has 36 heavy (non-hydrogen) atoms. The van der Waals surface area contributed by atoms with Gasteiger partial charge in [-0.1, -0.05) is 42.5 Å². The van der Waals surface area contributed by atoms with Gasteiger partial charge in [0.05, 0.1) is 16.6 Å². The maximum Gasteiger partial charge on any atom is 0.157 e. The quantitative estimate of drug-likeness (QED) is 0.310. The van der Waals surface area contributed by atoms with Crippen LogP contribution in [0.5, 0.6) is 0 Å². The lowest BCUT2D eigenvalue weighted by Gasteiger charge is -2.22. The molecule has 0 bridgehead atoms. The van der Waals surface area contributed by atoms with E-state index < -0.39 is 0 Å². The van der Waals surface area contributed by atoms with Crippen molar-refractivity contribution in [3.63, 3.8) is 0 Å². The molecule has 0 amide bonds. The van der Waals surface area contributed by atoms with Gasteiger partial charge in [0.1, 0.15) is 11.9 Å². The monoisotopic (exact) mass is 477 g/mol. The van der Waals surface area contributed by atoms with E-state index in [2.05, 4.69) is 89.1 Å². The van der Waals surface area contributed by atoms with Crippen molar-refractivity contribution in [3.05, 3.63) is 101 Å². The van der Waals surface area contributed by atoms with E-state index in [0.717, 1.165) is 46.8 Å². The van der Waals surface area contributed by atoms with E-state index in [4.69, 9.17) is 4.98 Å². The molecule has 0 aliphatic rings. The number of benzene rings is 3. The summed E-state index contributed by atoms with van der Waals surface area (Å²) in [5, 5.41) is 13.8. The molecule has 0 spiro atoms. The number of anilines is 3. The Balaban J connectivity index is 0.00000304. The van der Waals surface area contributed by atoms with Crippen molar-refractivity contribution in [3.8, 4) is 6.07 Å². The number of nitrogens with one attached hydrogen (secondary N) is 1. The first-order chi connectivity index (χ1) is 17.1. The standard InChI is InChI=1S/C30H29N5.H2O/c1-4-34(5-2)24-17-15-23(16-18-24)32-29-25(19-22-11-7-6-8-12-22)21(3)26(20-31)30-33-27-13-9-10-14-28(27)35(29)30;/h6-18,32H,4-5,19H2,1-3H3;1H2. The minimum Gasteiger partial charge on any atom is -0.412 e. The van der Waals surface area contributed by atoms with E-state index >= 15 is 0 Å². The number of imidazole rings is 1. The highest BCUT2D eigenvalue weighted by Gasteiger charge is 2.21. The first-order valence-electron chi connectivity index (χ1n) is 12.1. The molecular formula is C30H31N5O. The topological polar surface area (TPSA) is 87.9 Å². The lowest BCUT2D eigenvalue weighted by atomic mass is 9.97. The molecule has 0 saturated carbocycles. The molecule has 0 unspecified atom stereocenters. The van der Waals surface area contributed by atoms with Crippen molar-refractivity contribution < 1.29 is 5.48 Å². The van der Waals surface area contributed by atoms with Gasteiger partial charge in [0, 0.05) is 36.4 Å². The van der Waals surface area contributed by atoms with Gasteiger partial charge in [-0.2, -0.15) is 5.26 Å². The summed E-state index contributed by atoms with van der Waals surface area (Å²) in [5.41, 5.74) is 8.62. The van der Waals surface area contributed by atoms with E-state index in [9.17, 15) is 5.26 Å². The third kappa shape index (κ3) is 4.37. The zero-order chi connectivity index (χ0) is 24.4. The Morgan fingerprint density at radius 3 is 2.25 bits per heavy atom. The van der Waals surface area contributed by atoms with E-state index in [-0.39, 0.29) is 5.48 Å². The second-order valence-corrected chi connectivity index (χ2v) is 8.71. The fraction of sp³-hybridized carbons (Fsp3) is 0.200. The smallest absolute Gasteiger partial charge is 0.157 e. The average Bonchev–Trinajstić information content (AvgIpc) is 3.28. The van der Waals surface area contributed by atoms with Crippen LogP contribution in [0.1, 0.15) is 36.1 Å². The largest absolute Gasteiger partial charge is 0.412 e. The first-order valence-corrected chi connectivity index (χ1v) is 12.1. The molecular weight excluding hydrogens is 446 g/mol. The maximum absolute atomic E-state index is 10.1. The average molecular weight is 478 g/mol. The van der Waals surface area contributed by atoms with E-state index in [1.54, 1.807) is 0 Å². The fourth-order valence-corrected chi connectivity index (χ4v) is 4.81. The molecule has 182 valence electrons. The van der Waals surface area contributed by atoms with Crippen LogP contribution >= 0.6 is 0 Å². The third-order valence-corrected chi connectivity index (χ3v) is 6.72. The SMILES string of the molecule is CCN(CC)c1ccc(Nc2c(Cc3ccccc3)c(C)c(C#N)c3nc4ccccc4n23)cc1.O. The third-order valence-electron chi connectivity index (χ3n) is 6.72. The van der Waals surface area contributed by atoms with Crippen LogP contribution in [0.15, 0.2) is 78.9 Å². The normalized spacial score (nSPS) is 10.7. The number of para-hydroxylation sites is 2. The molecule has 0 aliphatic carbocycles. The van der Waals surface area contributed by atoms with Crippen molar-refractivity contribution in [1.29, 1.82) is 5.26 Å². The summed E-state index contributed by atoms with van der Waals surface area (Å²) in [6.45, 7) is 8.32. The van der Waals surface area contributed by atoms with Gasteiger partial charge in [0.2, 0.25) is 0 Å². The number of hydrogen-bond acceptors (Lipinski definition) is 4. The predicted molar refractivity (Wildman–Crippen MR) is 148 cm³/mol. The Kier molecular flexibility index (Phi) is 7.23. The number of aromatic nitrogens is 2. The Morgan fingerprint density at radius 1 is 0.917 bits per heavy atom. The summed E-state index contributed by atoms with van der Waals surface area (Å²) in [4.78, 5) is 7.18. The van der Waals surface area contributed by atoms with Crippen LogP contribution in [0.25, 0.3) is 16.7 Å². The van der Waals surface area contributed by atoms with Gasteiger partial charge >= 0.3 is 0 Å². The Morgan fingerprint density at radius 2 is 1.58 bits per heavy atom. The lowest BCUT2D eigenvalue weighted by Crippen LogP contribution is -2.21. The van der Waals surface area contributed by atoms with Gasteiger partial charge in [-0.25, -0.2) is 4.98 Å². The Bertz CT molecular complexity index is 1530. The van der Waals surface area contributed by atoms with Gasteiger partial charge in [0.25, 0.3) is 0 Å². The summed E-state index contributed by atoms with van der Waals surface area (Å²) < 4.78 is 2.11. The predicted octanol–water partition coefficient (Wildman–Crippen LogP) is 6.02. The van der Waals surface area contributed by atoms with Crippen LogP contribution in [-0.2, 0) is 6.42 Å². The molecule has 5 rings (SSSR count). The Labute approximate surface area is 211 Å². The van der Waals surface area contributed by atoms with Crippen molar-refractivity contribution in [2.75, 3.05) is 23.3 Å². The van der Waals surface area contributed by atoms with Crippen LogP contribution in [-0.4, -0.2) is 28.0 Å². The summed E-state index contributed by atoms with van der Waals surface area (Å²) >= 11 is 0. The highest BCUT2D eigenvalue weighted by atomic mass is 16.0. The summed E-state index contributed by atoms with van der Waals surface area (Å²) in [5.74, 6) is 0.949. The first kappa shape index (κ1) is 24.8. The number of nitrogens with zero attached hydrogens (tertiary/aromatic N) is 4. The molecule has 6 heteroatoms. The maximum atomic E-state index is 10.1. The van der Waals surface area contributed by atoms with Crippen molar-refractivity contribution in [2.24, 2.45) is 0 Å². The van der Waals surface area contributed by atoms with Crippen molar-refractivity contribution >= 4 is 33.9 Å². The van der Waals surface area contributed by atoms with E-state index in [0.29, 0.717) is 17.6 Å². The molecule has 0 fully saturated rings. The van der Waals surface area contributed by atoms with Gasteiger partial charge < -0.3 is 15.7 Å². The molecule has 2 aromatic heterocycles. The second-order valence-electron chi connectivity index (χ2n) is 8.71. The van der Waals surface area contributed by atoms with Crippen LogP contribution in [0.4, 0.5) is 17.2 Å². The molecule has 6 nitrogen and oxygen atoms in total. The Hall–Kier alpha value is -4.34. The molecule has 2 heterocycles. The molecule has 0 atom stereocenters. The number of fused-ring (bicyclic) bond motifs is 3. The molecule has 5 aromatic rings. The lowest BCUT2D eigenvalue weighted by molar-refractivity contribution is 0.824. The van der Waals surface area contributed by atoms with Crippen LogP contribution in [0.3, 0.4) is 0 Å². The van der Waals surface area contributed by atoms with Gasteiger partial charge in [-0.05, 0) is 68.3 Å². The minimum atomic E-state index is 0. The number of hydrogen-bond donors (Lipinski definition) is 1. The van der Waals surface area contributed by atoms with Gasteiger partial charge in [-0.3, -0.25) is 4.40 Å².